The molecule has 2 aromatic rings. The summed E-state index contributed by atoms with van der Waals surface area (Å²) in [6.07, 6.45) is 2.73. The van der Waals surface area contributed by atoms with Crippen molar-refractivity contribution in [2.75, 3.05) is 7.11 Å². The second-order valence-corrected chi connectivity index (χ2v) is 6.37. The van der Waals surface area contributed by atoms with Gasteiger partial charge in [-0.3, -0.25) is 4.79 Å². The van der Waals surface area contributed by atoms with Gasteiger partial charge in [0, 0.05) is 12.3 Å². The van der Waals surface area contributed by atoms with E-state index in [0.717, 1.165) is 5.56 Å². The van der Waals surface area contributed by atoms with Crippen molar-refractivity contribution in [3.63, 3.8) is 0 Å². The number of benzene rings is 1. The van der Waals surface area contributed by atoms with Gasteiger partial charge in [0.1, 0.15) is 5.82 Å². The number of nitrogens with zero attached hydrogens (tertiary/aromatic N) is 1. The lowest BCUT2D eigenvalue weighted by molar-refractivity contribution is -0.122. The van der Waals surface area contributed by atoms with Crippen molar-refractivity contribution in [1.29, 1.82) is 0 Å². The molecule has 0 aliphatic heterocycles. The lowest BCUT2D eigenvalue weighted by Crippen LogP contribution is -2.41. The number of aliphatic hydroxyl groups excluding tert-OH is 1. The van der Waals surface area contributed by atoms with Gasteiger partial charge in [0.05, 0.1) is 25.7 Å². The minimum absolute atomic E-state index is 0.104. The van der Waals surface area contributed by atoms with Gasteiger partial charge in [-0.15, -0.1) is 0 Å². The molecule has 3 rings (SSSR count). The third-order valence-electron chi connectivity index (χ3n) is 4.52. The highest BCUT2D eigenvalue weighted by Crippen LogP contribution is 2.38. The topological polar surface area (TPSA) is 71.5 Å². The van der Waals surface area contributed by atoms with E-state index in [1.165, 1.54) is 12.1 Å². The van der Waals surface area contributed by atoms with Gasteiger partial charge in [-0.1, -0.05) is 18.2 Å². The molecule has 5 nitrogen and oxygen atoms in total. The number of halogens is 1. The van der Waals surface area contributed by atoms with Gasteiger partial charge in [0.15, 0.2) is 0 Å². The molecule has 1 heterocycles. The summed E-state index contributed by atoms with van der Waals surface area (Å²) in [5.74, 6) is 0.111. The first kappa shape index (κ1) is 17.4. The Morgan fingerprint density at radius 2 is 2.20 bits per heavy atom. The second kappa shape index (κ2) is 7.61. The molecule has 2 N–H and O–H groups in total. The zero-order valence-corrected chi connectivity index (χ0v) is 14.0. The Bertz CT molecular complexity index is 730. The summed E-state index contributed by atoms with van der Waals surface area (Å²) in [4.78, 5) is 16.6. The third-order valence-corrected chi connectivity index (χ3v) is 4.52. The summed E-state index contributed by atoms with van der Waals surface area (Å²) in [5, 5.41) is 12.6. The molecular weight excluding hydrogens is 323 g/mol. The van der Waals surface area contributed by atoms with E-state index in [-0.39, 0.29) is 36.2 Å². The molecule has 0 bridgehead atoms. The first-order chi connectivity index (χ1) is 12.0. The predicted molar refractivity (Wildman–Crippen MR) is 90.5 cm³/mol. The van der Waals surface area contributed by atoms with Crippen LogP contribution in [-0.4, -0.2) is 29.2 Å². The normalized spacial score (nSPS) is 20.4. The molecule has 1 fully saturated rings. The SMILES string of the molecule is COc1ccc([C@@H](NC(=O)Cc2cccc(F)c2)C2CC(O)C2)cn1. The van der Waals surface area contributed by atoms with Crippen molar-refractivity contribution in [1.82, 2.24) is 10.3 Å². The molecule has 132 valence electrons. The molecule has 25 heavy (non-hydrogen) atoms. The fourth-order valence-corrected chi connectivity index (χ4v) is 3.13. The van der Waals surface area contributed by atoms with Crippen LogP contribution in [0.3, 0.4) is 0 Å². The van der Waals surface area contributed by atoms with Crippen molar-refractivity contribution in [3.8, 4) is 5.88 Å². The van der Waals surface area contributed by atoms with Gasteiger partial charge in [0.2, 0.25) is 11.8 Å². The van der Waals surface area contributed by atoms with E-state index in [4.69, 9.17) is 4.74 Å². The second-order valence-electron chi connectivity index (χ2n) is 6.37. The highest BCUT2D eigenvalue weighted by Gasteiger charge is 2.35. The summed E-state index contributed by atoms with van der Waals surface area (Å²) < 4.78 is 18.3. The van der Waals surface area contributed by atoms with Gasteiger partial charge in [0.25, 0.3) is 0 Å². The van der Waals surface area contributed by atoms with Gasteiger partial charge < -0.3 is 15.2 Å². The Morgan fingerprint density at radius 1 is 1.40 bits per heavy atom. The lowest BCUT2D eigenvalue weighted by Gasteiger charge is -2.38. The summed E-state index contributed by atoms with van der Waals surface area (Å²) in [6.45, 7) is 0. The quantitative estimate of drug-likeness (QED) is 0.844. The minimum Gasteiger partial charge on any atom is -0.481 e. The van der Waals surface area contributed by atoms with Gasteiger partial charge in [-0.05, 0) is 42.0 Å². The molecule has 6 heteroatoms. The summed E-state index contributed by atoms with van der Waals surface area (Å²) in [6, 6.07) is 9.40. The Morgan fingerprint density at radius 3 is 2.80 bits per heavy atom. The monoisotopic (exact) mass is 344 g/mol. The standard InChI is InChI=1S/C19H21FN2O3/c1-25-18-6-5-13(11-21-18)19(14-9-16(23)10-14)22-17(24)8-12-3-2-4-15(20)7-12/h2-7,11,14,16,19,23H,8-10H2,1H3,(H,22,24)/t14?,16?,19-/m1/s1. The number of nitrogens with one attached hydrogen (secondary N) is 1. The number of hydrogen-bond donors (Lipinski definition) is 2. The molecule has 1 aliphatic rings. The van der Waals surface area contributed by atoms with Gasteiger partial charge in [-0.25, -0.2) is 9.37 Å². The Balaban J connectivity index is 1.71. The number of aromatic nitrogens is 1. The van der Waals surface area contributed by atoms with Crippen molar-refractivity contribution in [2.24, 2.45) is 5.92 Å². The van der Waals surface area contributed by atoms with E-state index in [9.17, 15) is 14.3 Å². The number of aliphatic hydroxyl groups is 1. The van der Waals surface area contributed by atoms with E-state index < -0.39 is 0 Å². The summed E-state index contributed by atoms with van der Waals surface area (Å²) >= 11 is 0. The fraction of sp³-hybridized carbons (Fsp3) is 0.368. The van der Waals surface area contributed by atoms with Crippen molar-refractivity contribution < 1.29 is 19.0 Å². The van der Waals surface area contributed by atoms with E-state index in [0.29, 0.717) is 24.3 Å². The number of carbonyl (C=O) groups excluding carboxylic acids is 1. The number of ether oxygens (including phenoxy) is 1. The molecule has 0 radical (unpaired) electrons. The number of hydrogen-bond acceptors (Lipinski definition) is 4. The van der Waals surface area contributed by atoms with E-state index in [1.54, 1.807) is 31.5 Å². The van der Waals surface area contributed by atoms with E-state index >= 15 is 0 Å². The maximum atomic E-state index is 13.3. The molecule has 0 unspecified atom stereocenters. The first-order valence-electron chi connectivity index (χ1n) is 8.27. The van der Waals surface area contributed by atoms with Gasteiger partial charge in [-0.2, -0.15) is 0 Å². The molecule has 1 amide bonds. The predicted octanol–water partition coefficient (Wildman–Crippen LogP) is 2.40. The number of amides is 1. The molecule has 0 saturated heterocycles. The average molecular weight is 344 g/mol. The summed E-state index contributed by atoms with van der Waals surface area (Å²) in [5.41, 5.74) is 1.49. The Hall–Kier alpha value is -2.47. The van der Waals surface area contributed by atoms with Crippen LogP contribution in [0.5, 0.6) is 5.88 Å². The van der Waals surface area contributed by atoms with Crippen LogP contribution in [-0.2, 0) is 11.2 Å². The molecule has 0 spiro atoms. The van der Waals surface area contributed by atoms with Crippen LogP contribution in [0.25, 0.3) is 0 Å². The fourth-order valence-electron chi connectivity index (χ4n) is 3.13. The average Bonchev–Trinajstić information content (AvgIpc) is 2.57. The zero-order chi connectivity index (χ0) is 17.8. The maximum Gasteiger partial charge on any atom is 0.224 e. The van der Waals surface area contributed by atoms with Crippen LogP contribution in [0.15, 0.2) is 42.6 Å². The zero-order valence-electron chi connectivity index (χ0n) is 14.0. The molecular formula is C19H21FN2O3. The van der Waals surface area contributed by atoms with E-state index in [2.05, 4.69) is 10.3 Å². The molecule has 1 aliphatic carbocycles. The Labute approximate surface area is 145 Å². The van der Waals surface area contributed by atoms with Crippen LogP contribution in [0.2, 0.25) is 0 Å². The highest BCUT2D eigenvalue weighted by atomic mass is 19.1. The minimum atomic E-state index is -0.358. The van der Waals surface area contributed by atoms with Crippen molar-refractivity contribution in [3.05, 3.63) is 59.5 Å². The molecule has 1 atom stereocenters. The number of carbonyl (C=O) groups is 1. The molecule has 1 aromatic carbocycles. The van der Waals surface area contributed by atoms with Crippen LogP contribution < -0.4 is 10.1 Å². The van der Waals surface area contributed by atoms with E-state index in [1.807, 2.05) is 6.07 Å². The van der Waals surface area contributed by atoms with Crippen LogP contribution in [0.1, 0.15) is 30.0 Å². The molecule has 1 aromatic heterocycles. The summed E-state index contributed by atoms with van der Waals surface area (Å²) in [7, 11) is 1.54. The van der Waals surface area contributed by atoms with Crippen molar-refractivity contribution in [2.45, 2.75) is 31.4 Å². The smallest absolute Gasteiger partial charge is 0.224 e. The van der Waals surface area contributed by atoms with Gasteiger partial charge >= 0.3 is 0 Å². The molecule has 1 saturated carbocycles. The lowest BCUT2D eigenvalue weighted by atomic mass is 9.75. The maximum absolute atomic E-state index is 13.3. The first-order valence-corrected chi connectivity index (χ1v) is 8.27. The number of pyridine rings is 1. The number of methoxy groups -OCH3 is 1. The number of rotatable bonds is 6. The highest BCUT2D eigenvalue weighted by molar-refractivity contribution is 5.79. The van der Waals surface area contributed by atoms with Crippen LogP contribution in [0, 0.1) is 11.7 Å². The van der Waals surface area contributed by atoms with Crippen LogP contribution in [0.4, 0.5) is 4.39 Å². The van der Waals surface area contributed by atoms with Crippen LogP contribution >= 0.6 is 0 Å². The third kappa shape index (κ3) is 4.33. The van der Waals surface area contributed by atoms with Crippen molar-refractivity contribution >= 4 is 5.91 Å². The Kier molecular flexibility index (Phi) is 5.28. The largest absolute Gasteiger partial charge is 0.481 e.